The van der Waals surface area contributed by atoms with Gasteiger partial charge in [-0.2, -0.15) is 0 Å². The van der Waals surface area contributed by atoms with Crippen molar-refractivity contribution in [3.63, 3.8) is 0 Å². The van der Waals surface area contributed by atoms with Crippen LogP contribution in [-0.2, 0) is 11.2 Å². The van der Waals surface area contributed by atoms with E-state index in [2.05, 4.69) is 22.8 Å². The second-order valence-electron chi connectivity index (χ2n) is 9.57. The van der Waals surface area contributed by atoms with Gasteiger partial charge in [-0.15, -0.1) is 11.8 Å². The number of carbonyl (C=O) groups excluding carboxylic acids is 1. The maximum absolute atomic E-state index is 12.9. The molecule has 1 aliphatic rings. The Bertz CT molecular complexity index is 1560. The van der Waals surface area contributed by atoms with Gasteiger partial charge in [0.05, 0.1) is 21.7 Å². The monoisotopic (exact) mass is 644 g/mol. The Labute approximate surface area is 262 Å². The fourth-order valence-corrected chi connectivity index (χ4v) is 7.40. The largest absolute Gasteiger partial charge is 0.480 e. The third-order valence-corrected chi connectivity index (χ3v) is 9.41. The zero-order valence-corrected chi connectivity index (χ0v) is 25.3. The van der Waals surface area contributed by atoms with E-state index in [1.165, 1.54) is 12.1 Å². The molecule has 5 rings (SSSR count). The van der Waals surface area contributed by atoms with Crippen LogP contribution in [0.15, 0.2) is 89.8 Å². The summed E-state index contributed by atoms with van der Waals surface area (Å²) in [5, 5.41) is 17.6. The number of anilines is 1. The van der Waals surface area contributed by atoms with Crippen LogP contribution < -0.4 is 10.6 Å². The van der Waals surface area contributed by atoms with E-state index >= 15 is 0 Å². The molecule has 3 unspecified atom stereocenters. The molecule has 0 radical (unpaired) electrons. The Morgan fingerprint density at radius 2 is 1.51 bits per heavy atom. The van der Waals surface area contributed by atoms with Crippen LogP contribution in [0.2, 0.25) is 20.1 Å². The molecule has 41 heavy (non-hydrogen) atoms. The van der Waals surface area contributed by atoms with Crippen LogP contribution in [-0.4, -0.2) is 23.0 Å². The number of carboxylic acids is 1. The SMILES string of the molecule is O=C(NC(Cc1ccc2c(c1)C(Sc1ccccc1)CC(c1c(Cl)cccc1Cl)N2)C(=O)O)c1c(Cl)cccc1Cl. The summed E-state index contributed by atoms with van der Waals surface area (Å²) in [6.07, 6.45) is 0.766. The van der Waals surface area contributed by atoms with Crippen LogP contribution in [0.1, 0.15) is 44.8 Å². The Balaban J connectivity index is 1.44. The van der Waals surface area contributed by atoms with E-state index in [4.69, 9.17) is 46.4 Å². The van der Waals surface area contributed by atoms with E-state index in [1.807, 2.05) is 54.6 Å². The summed E-state index contributed by atoms with van der Waals surface area (Å²) in [5.74, 6) is -1.81. The Morgan fingerprint density at radius 1 is 0.878 bits per heavy atom. The van der Waals surface area contributed by atoms with Gasteiger partial charge in [-0.05, 0) is 60.0 Å². The number of aliphatic carboxylic acids is 1. The standard InChI is InChI=1S/C31H24Cl4N2O3S/c32-20-8-4-9-21(33)28(20)25-16-27(41-18-6-2-1-3-7-18)19-14-17(12-13-24(19)36-25)15-26(31(39)40)37-30(38)29-22(34)10-5-11-23(29)35/h1-14,25-27,36H,15-16H2,(H,37,38)(H,39,40). The Kier molecular flexibility index (Phi) is 9.37. The molecule has 4 aromatic carbocycles. The number of hydrogen-bond acceptors (Lipinski definition) is 4. The summed E-state index contributed by atoms with van der Waals surface area (Å²) >= 11 is 27.2. The molecule has 0 fully saturated rings. The molecule has 0 aromatic heterocycles. The zero-order valence-electron chi connectivity index (χ0n) is 21.4. The summed E-state index contributed by atoms with van der Waals surface area (Å²) in [6.45, 7) is 0. The van der Waals surface area contributed by atoms with Crippen molar-refractivity contribution >= 4 is 75.7 Å². The Morgan fingerprint density at radius 3 is 2.15 bits per heavy atom. The first-order valence-corrected chi connectivity index (χ1v) is 15.1. The van der Waals surface area contributed by atoms with Gasteiger partial charge in [0.1, 0.15) is 6.04 Å². The van der Waals surface area contributed by atoms with Gasteiger partial charge < -0.3 is 15.7 Å². The molecule has 3 atom stereocenters. The van der Waals surface area contributed by atoms with Gasteiger partial charge in [0.15, 0.2) is 0 Å². The number of nitrogens with one attached hydrogen (secondary N) is 2. The first-order chi connectivity index (χ1) is 19.7. The second kappa shape index (κ2) is 13.0. The van der Waals surface area contributed by atoms with Crippen LogP contribution in [0.4, 0.5) is 5.69 Å². The van der Waals surface area contributed by atoms with Crippen molar-refractivity contribution < 1.29 is 14.7 Å². The Hall–Kier alpha value is -2.87. The van der Waals surface area contributed by atoms with Crippen molar-refractivity contribution in [3.05, 3.63) is 127 Å². The highest BCUT2D eigenvalue weighted by Gasteiger charge is 2.31. The molecule has 0 bridgehead atoms. The van der Waals surface area contributed by atoms with Gasteiger partial charge in [-0.3, -0.25) is 4.79 Å². The molecule has 5 nitrogen and oxygen atoms in total. The van der Waals surface area contributed by atoms with Crippen molar-refractivity contribution in [1.29, 1.82) is 0 Å². The van der Waals surface area contributed by atoms with Gasteiger partial charge in [0, 0.05) is 37.9 Å². The number of benzene rings is 4. The minimum atomic E-state index is -1.20. The predicted octanol–water partition coefficient (Wildman–Crippen LogP) is 9.12. The number of rotatable bonds is 8. The lowest BCUT2D eigenvalue weighted by atomic mass is 9.91. The van der Waals surface area contributed by atoms with E-state index in [0.29, 0.717) is 16.5 Å². The third kappa shape index (κ3) is 6.79. The van der Waals surface area contributed by atoms with E-state index < -0.39 is 17.9 Å². The van der Waals surface area contributed by atoms with E-state index in [-0.39, 0.29) is 33.3 Å². The smallest absolute Gasteiger partial charge is 0.326 e. The first kappa shape index (κ1) is 29.6. The highest BCUT2D eigenvalue weighted by molar-refractivity contribution is 7.99. The molecule has 1 heterocycles. The number of carboxylic acid groups (broad SMARTS) is 1. The molecule has 0 saturated heterocycles. The molecule has 210 valence electrons. The molecule has 1 amide bonds. The minimum absolute atomic E-state index is 0.0192. The van der Waals surface area contributed by atoms with Crippen LogP contribution >= 0.6 is 58.2 Å². The average molecular weight is 646 g/mol. The van der Waals surface area contributed by atoms with Gasteiger partial charge in [-0.25, -0.2) is 4.79 Å². The number of fused-ring (bicyclic) bond motifs is 1. The summed E-state index contributed by atoms with van der Waals surface area (Å²) in [7, 11) is 0. The van der Waals surface area contributed by atoms with Crippen LogP contribution in [0.25, 0.3) is 0 Å². The summed E-state index contributed by atoms with van der Waals surface area (Å²) < 4.78 is 0. The summed E-state index contributed by atoms with van der Waals surface area (Å²) in [5.41, 5.74) is 3.58. The second-order valence-corrected chi connectivity index (χ2v) is 12.5. The van der Waals surface area contributed by atoms with E-state index in [9.17, 15) is 14.7 Å². The molecule has 4 aromatic rings. The van der Waals surface area contributed by atoms with Gasteiger partial charge >= 0.3 is 5.97 Å². The number of hydrogen-bond donors (Lipinski definition) is 3. The lowest BCUT2D eigenvalue weighted by Crippen LogP contribution is -2.42. The topological polar surface area (TPSA) is 78.4 Å². The molecular formula is C31H24Cl4N2O3S. The van der Waals surface area contributed by atoms with Gasteiger partial charge in [0.2, 0.25) is 0 Å². The molecule has 0 aliphatic carbocycles. The maximum atomic E-state index is 12.9. The molecule has 3 N–H and O–H groups in total. The van der Waals surface area contributed by atoms with E-state index in [0.717, 1.165) is 27.3 Å². The highest BCUT2D eigenvalue weighted by atomic mass is 35.5. The quantitative estimate of drug-likeness (QED) is 0.178. The zero-order chi connectivity index (χ0) is 29.1. The number of halogens is 4. The highest BCUT2D eigenvalue weighted by Crippen LogP contribution is 2.50. The van der Waals surface area contributed by atoms with Crippen molar-refractivity contribution in [2.24, 2.45) is 0 Å². The molecule has 0 spiro atoms. The first-order valence-electron chi connectivity index (χ1n) is 12.7. The molecule has 10 heteroatoms. The lowest BCUT2D eigenvalue weighted by molar-refractivity contribution is -0.139. The van der Waals surface area contributed by atoms with Crippen molar-refractivity contribution in [3.8, 4) is 0 Å². The van der Waals surface area contributed by atoms with Gasteiger partial charge in [0.25, 0.3) is 5.91 Å². The summed E-state index contributed by atoms with van der Waals surface area (Å²) in [4.78, 5) is 26.2. The average Bonchev–Trinajstić information content (AvgIpc) is 2.93. The number of amides is 1. The molecule has 0 saturated carbocycles. The normalized spacial score (nSPS) is 16.8. The maximum Gasteiger partial charge on any atom is 0.326 e. The number of carbonyl (C=O) groups is 2. The van der Waals surface area contributed by atoms with E-state index in [1.54, 1.807) is 17.8 Å². The lowest BCUT2D eigenvalue weighted by Gasteiger charge is -2.34. The van der Waals surface area contributed by atoms with Crippen LogP contribution in [0, 0.1) is 0 Å². The third-order valence-electron chi connectivity index (χ3n) is 6.85. The van der Waals surface area contributed by atoms with Crippen LogP contribution in [0.5, 0.6) is 0 Å². The fourth-order valence-electron chi connectivity index (χ4n) is 4.91. The minimum Gasteiger partial charge on any atom is -0.480 e. The van der Waals surface area contributed by atoms with Crippen molar-refractivity contribution in [1.82, 2.24) is 5.32 Å². The molecular weight excluding hydrogens is 622 g/mol. The number of thioether (sulfide) groups is 1. The predicted molar refractivity (Wildman–Crippen MR) is 168 cm³/mol. The summed E-state index contributed by atoms with van der Waals surface area (Å²) in [6, 6.07) is 24.7. The molecule has 1 aliphatic heterocycles. The van der Waals surface area contributed by atoms with Crippen molar-refractivity contribution in [2.75, 3.05) is 5.32 Å². The fraction of sp³-hybridized carbons (Fsp3) is 0.161. The van der Waals surface area contributed by atoms with Gasteiger partial charge in [-0.1, -0.05) is 88.9 Å². The van der Waals surface area contributed by atoms with Crippen LogP contribution in [0.3, 0.4) is 0 Å². The van der Waals surface area contributed by atoms with Crippen molar-refractivity contribution in [2.45, 2.75) is 35.1 Å².